The summed E-state index contributed by atoms with van der Waals surface area (Å²) >= 11 is 0. The van der Waals surface area contributed by atoms with E-state index >= 15 is 0 Å². The lowest BCUT2D eigenvalue weighted by Crippen LogP contribution is -2.35. The highest BCUT2D eigenvalue weighted by Gasteiger charge is 2.15. The molecule has 23 heavy (non-hydrogen) atoms. The first kappa shape index (κ1) is 16.9. The highest BCUT2D eigenvalue weighted by atomic mass is 16.4. The van der Waals surface area contributed by atoms with Crippen molar-refractivity contribution >= 4 is 17.4 Å². The Morgan fingerprint density at radius 2 is 1.96 bits per heavy atom. The van der Waals surface area contributed by atoms with E-state index in [0.29, 0.717) is 12.1 Å². The number of rotatable bonds is 5. The fourth-order valence-corrected chi connectivity index (χ4v) is 2.32. The number of fused-ring (bicyclic) bond motifs is 1. The topological polar surface area (TPSA) is 105 Å². The first-order valence-corrected chi connectivity index (χ1v) is 7.48. The summed E-state index contributed by atoms with van der Waals surface area (Å²) in [7, 11) is 0. The molecule has 2 aromatic heterocycles. The van der Waals surface area contributed by atoms with Crippen LogP contribution in [0.5, 0.6) is 0 Å². The summed E-state index contributed by atoms with van der Waals surface area (Å²) in [5.41, 5.74) is 1.03. The average molecular weight is 319 g/mol. The smallest absolute Gasteiger partial charge is 0.303 e. The Morgan fingerprint density at radius 3 is 2.57 bits per heavy atom. The van der Waals surface area contributed by atoms with Crippen molar-refractivity contribution in [3.05, 3.63) is 33.5 Å². The van der Waals surface area contributed by atoms with Crippen molar-refractivity contribution in [1.29, 1.82) is 0 Å². The average Bonchev–Trinajstić information content (AvgIpc) is 2.90. The van der Waals surface area contributed by atoms with Crippen molar-refractivity contribution in [2.24, 2.45) is 5.41 Å². The molecule has 7 nitrogen and oxygen atoms in total. The van der Waals surface area contributed by atoms with Crippen LogP contribution in [-0.2, 0) is 11.2 Å². The van der Waals surface area contributed by atoms with Crippen LogP contribution in [0.25, 0.3) is 11.4 Å². The number of hydrogen-bond donors (Lipinski definition) is 2. The molecule has 2 aromatic rings. The third-order valence-corrected chi connectivity index (χ3v) is 3.58. The molecule has 0 saturated carbocycles. The minimum absolute atomic E-state index is 0.0155. The van der Waals surface area contributed by atoms with E-state index in [-0.39, 0.29) is 34.8 Å². The Morgan fingerprint density at radius 1 is 1.26 bits per heavy atom. The number of aliphatic hydroxyl groups is 1. The predicted molar refractivity (Wildman–Crippen MR) is 85.2 cm³/mol. The molecule has 124 valence electrons. The summed E-state index contributed by atoms with van der Waals surface area (Å²) in [5, 5.41) is 22.8. The summed E-state index contributed by atoms with van der Waals surface area (Å²) in [6, 6.07) is 1.46. The van der Waals surface area contributed by atoms with Gasteiger partial charge in [-0.3, -0.25) is 9.59 Å². The number of aromatic nitrogens is 3. The standard InChI is InChI=1S/C16H21N3O4/c1-16(2,3)7-6-10-8-12(21)14(11(20)4-5-13(22)23)19-15(10)17-9-18-19/h8-9,20H,4-7H2,1-3H3,(H,22,23). The van der Waals surface area contributed by atoms with Crippen molar-refractivity contribution < 1.29 is 15.0 Å². The summed E-state index contributed by atoms with van der Waals surface area (Å²) in [6.45, 7) is 6.35. The minimum atomic E-state index is -1.04. The van der Waals surface area contributed by atoms with Gasteiger partial charge >= 0.3 is 5.97 Å². The largest absolute Gasteiger partial charge is 0.510 e. The van der Waals surface area contributed by atoms with Gasteiger partial charge in [-0.15, -0.1) is 0 Å². The van der Waals surface area contributed by atoms with Gasteiger partial charge in [0.2, 0.25) is 5.43 Å². The second-order valence-electron chi connectivity index (χ2n) is 6.78. The number of hydrogen-bond acceptors (Lipinski definition) is 5. The molecule has 0 aromatic carbocycles. The van der Waals surface area contributed by atoms with Crippen LogP contribution in [0.15, 0.2) is 17.2 Å². The molecule has 0 aliphatic heterocycles. The number of carboxylic acids is 1. The second-order valence-corrected chi connectivity index (χ2v) is 6.78. The van der Waals surface area contributed by atoms with Crippen LogP contribution < -0.4 is 10.8 Å². The van der Waals surface area contributed by atoms with E-state index in [1.165, 1.54) is 16.9 Å². The molecule has 2 rings (SSSR count). The molecule has 0 unspecified atom stereocenters. The number of nitrogens with zero attached hydrogens (tertiary/aromatic N) is 3. The molecule has 2 N–H and O–H groups in total. The van der Waals surface area contributed by atoms with Crippen LogP contribution in [-0.4, -0.2) is 30.8 Å². The van der Waals surface area contributed by atoms with Gasteiger partial charge in [0.05, 0.1) is 6.42 Å². The van der Waals surface area contributed by atoms with E-state index in [2.05, 4.69) is 30.9 Å². The van der Waals surface area contributed by atoms with Gasteiger partial charge in [0, 0.05) is 12.0 Å². The predicted octanol–water partition coefficient (Wildman–Crippen LogP) is 1.32. The van der Waals surface area contributed by atoms with Gasteiger partial charge in [-0.25, -0.2) is 9.50 Å². The van der Waals surface area contributed by atoms with Gasteiger partial charge in [-0.2, -0.15) is 5.10 Å². The Bertz CT molecular complexity index is 833. The van der Waals surface area contributed by atoms with E-state index < -0.39 is 5.97 Å². The molecule has 0 radical (unpaired) electrons. The van der Waals surface area contributed by atoms with E-state index in [0.717, 1.165) is 12.0 Å². The summed E-state index contributed by atoms with van der Waals surface area (Å²) < 4.78 is 1.30. The molecule has 0 spiro atoms. The lowest BCUT2D eigenvalue weighted by atomic mass is 9.89. The van der Waals surface area contributed by atoms with E-state index in [4.69, 9.17) is 5.11 Å². The SMILES string of the molecule is CC(C)(C)CCc1cc(=O)c(=C(O)CCC(=O)O)n2ncnc12. The number of carbonyl (C=O) groups is 1. The van der Waals surface area contributed by atoms with E-state index in [1.54, 1.807) is 0 Å². The molecule has 0 saturated heterocycles. The first-order valence-electron chi connectivity index (χ1n) is 7.48. The molecule has 7 heteroatoms. The second kappa shape index (κ2) is 6.36. The molecule has 0 aliphatic carbocycles. The maximum Gasteiger partial charge on any atom is 0.303 e. The zero-order valence-corrected chi connectivity index (χ0v) is 13.5. The van der Waals surface area contributed by atoms with Crippen LogP contribution >= 0.6 is 0 Å². The highest BCUT2D eigenvalue weighted by Crippen LogP contribution is 2.21. The number of aliphatic hydroxyl groups excluding tert-OH is 1. The van der Waals surface area contributed by atoms with Crippen LogP contribution in [0.3, 0.4) is 0 Å². The number of aryl methyl sites for hydroxylation is 1. The van der Waals surface area contributed by atoms with Crippen LogP contribution in [0.4, 0.5) is 0 Å². The van der Waals surface area contributed by atoms with Crippen molar-refractivity contribution in [3.8, 4) is 0 Å². The van der Waals surface area contributed by atoms with Gasteiger partial charge in [-0.1, -0.05) is 20.8 Å². The van der Waals surface area contributed by atoms with E-state index in [9.17, 15) is 14.7 Å². The lowest BCUT2D eigenvalue weighted by molar-refractivity contribution is -0.136. The third-order valence-electron chi connectivity index (χ3n) is 3.58. The van der Waals surface area contributed by atoms with Gasteiger partial charge in [0.1, 0.15) is 12.1 Å². The molecule has 0 bridgehead atoms. The maximum atomic E-state index is 12.3. The van der Waals surface area contributed by atoms with Crippen LogP contribution in [0, 0.1) is 5.41 Å². The third kappa shape index (κ3) is 4.06. The van der Waals surface area contributed by atoms with Crippen molar-refractivity contribution in [2.75, 3.05) is 0 Å². The summed E-state index contributed by atoms with van der Waals surface area (Å²) in [4.78, 5) is 27.1. The maximum absolute atomic E-state index is 12.3. The molecule has 0 amide bonds. The lowest BCUT2D eigenvalue weighted by Gasteiger charge is -2.17. The zero-order valence-electron chi connectivity index (χ0n) is 13.5. The summed E-state index contributed by atoms with van der Waals surface area (Å²) in [6.07, 6.45) is 2.50. The Kier molecular flexibility index (Phi) is 4.68. The molecule has 0 aliphatic rings. The van der Waals surface area contributed by atoms with Gasteiger partial charge < -0.3 is 10.2 Å². The normalized spacial score (nSPS) is 13.3. The zero-order chi connectivity index (χ0) is 17.2. The monoisotopic (exact) mass is 319 g/mol. The fourth-order valence-electron chi connectivity index (χ4n) is 2.32. The molecular weight excluding hydrogens is 298 g/mol. The van der Waals surface area contributed by atoms with Gasteiger partial charge in [0.25, 0.3) is 0 Å². The Hall–Kier alpha value is -2.44. The first-order chi connectivity index (χ1) is 10.7. The number of pyridine rings is 1. The summed E-state index contributed by atoms with van der Waals surface area (Å²) in [5.74, 6) is -1.32. The molecule has 0 fully saturated rings. The molecule has 0 atom stereocenters. The number of aliphatic carboxylic acids is 1. The highest BCUT2D eigenvalue weighted by molar-refractivity contribution is 5.68. The molecule has 2 heterocycles. The van der Waals surface area contributed by atoms with Crippen LogP contribution in [0.2, 0.25) is 0 Å². The van der Waals surface area contributed by atoms with Crippen LogP contribution in [0.1, 0.15) is 45.6 Å². The van der Waals surface area contributed by atoms with Crippen molar-refractivity contribution in [3.63, 3.8) is 0 Å². The van der Waals surface area contributed by atoms with Crippen molar-refractivity contribution in [1.82, 2.24) is 14.6 Å². The van der Waals surface area contributed by atoms with E-state index in [1.807, 2.05) is 0 Å². The quantitative estimate of drug-likeness (QED) is 0.861. The fraction of sp³-hybridized carbons (Fsp3) is 0.500. The molecular formula is C16H21N3O4. The van der Waals surface area contributed by atoms with Crippen molar-refractivity contribution in [2.45, 2.75) is 46.5 Å². The Labute approximate surface area is 133 Å². The number of carboxylic acid groups (broad SMARTS) is 1. The minimum Gasteiger partial charge on any atom is -0.510 e. The Balaban J connectivity index is 2.52. The van der Waals surface area contributed by atoms with Gasteiger partial charge in [0.15, 0.2) is 11.0 Å². The van der Waals surface area contributed by atoms with Gasteiger partial charge in [-0.05, 0) is 24.3 Å².